The lowest BCUT2D eigenvalue weighted by atomic mass is 10.1. The molecule has 0 aliphatic carbocycles. The van der Waals surface area contributed by atoms with Gasteiger partial charge in [0.2, 0.25) is 0 Å². The van der Waals surface area contributed by atoms with E-state index in [0.717, 1.165) is 49.1 Å². The molecular weight excluding hydrogens is 364 g/mol. The molecule has 0 radical (unpaired) electrons. The summed E-state index contributed by atoms with van der Waals surface area (Å²) in [4.78, 5) is 6.45. The van der Waals surface area contributed by atoms with E-state index in [4.69, 9.17) is 4.74 Å². The zero-order valence-corrected chi connectivity index (χ0v) is 17.7. The summed E-state index contributed by atoms with van der Waals surface area (Å²) in [6.45, 7) is 6.34. The van der Waals surface area contributed by atoms with Crippen LogP contribution in [-0.4, -0.2) is 59.2 Å². The van der Waals surface area contributed by atoms with E-state index in [0.29, 0.717) is 6.61 Å². The maximum absolute atomic E-state index is 5.91. The number of likely N-dealkylation sites (N-methyl/N-ethyl adjacent to an activating group) is 1. The van der Waals surface area contributed by atoms with Crippen LogP contribution < -0.4 is 10.1 Å². The first-order valence-corrected chi connectivity index (χ1v) is 9.98. The van der Waals surface area contributed by atoms with Gasteiger partial charge in [-0.3, -0.25) is 9.39 Å². The van der Waals surface area contributed by atoms with Crippen LogP contribution in [0.1, 0.15) is 23.4 Å². The first-order chi connectivity index (χ1) is 14.1. The van der Waals surface area contributed by atoms with Crippen molar-refractivity contribution in [2.45, 2.75) is 26.7 Å². The van der Waals surface area contributed by atoms with E-state index in [-0.39, 0.29) is 0 Å². The van der Waals surface area contributed by atoms with Crippen LogP contribution in [-0.2, 0) is 6.42 Å². The molecule has 2 aromatic heterocycles. The van der Waals surface area contributed by atoms with Gasteiger partial charge in [0.05, 0.1) is 6.54 Å². The molecule has 3 aromatic rings. The minimum absolute atomic E-state index is 0.603. The topological polar surface area (TPSA) is 67.0 Å². The number of guanidine groups is 1. The third kappa shape index (κ3) is 5.70. The van der Waals surface area contributed by atoms with Crippen molar-refractivity contribution < 1.29 is 4.74 Å². The molecule has 0 bridgehead atoms. The molecule has 0 amide bonds. The molecule has 154 valence electrons. The average Bonchev–Trinajstić information content (AvgIpc) is 3.10. The van der Waals surface area contributed by atoms with Crippen molar-refractivity contribution in [3.63, 3.8) is 0 Å². The van der Waals surface area contributed by atoms with Crippen molar-refractivity contribution in [1.82, 2.24) is 24.8 Å². The summed E-state index contributed by atoms with van der Waals surface area (Å²) in [6.07, 6.45) is 3.80. The van der Waals surface area contributed by atoms with Gasteiger partial charge in [0.25, 0.3) is 0 Å². The van der Waals surface area contributed by atoms with Crippen LogP contribution in [0.2, 0.25) is 0 Å². The second kappa shape index (κ2) is 9.91. The summed E-state index contributed by atoms with van der Waals surface area (Å²) in [7, 11) is 3.82. The van der Waals surface area contributed by atoms with Gasteiger partial charge in [-0.1, -0.05) is 12.1 Å². The van der Waals surface area contributed by atoms with Crippen LogP contribution in [0, 0.1) is 13.8 Å². The van der Waals surface area contributed by atoms with Crippen molar-refractivity contribution >= 4 is 11.6 Å². The lowest BCUT2D eigenvalue weighted by Gasteiger charge is -2.22. The highest BCUT2D eigenvalue weighted by Gasteiger charge is 2.07. The fourth-order valence-corrected chi connectivity index (χ4v) is 3.32. The Balaban J connectivity index is 1.41. The molecular formula is C22H30N6O. The molecule has 3 rings (SSSR count). The van der Waals surface area contributed by atoms with Crippen molar-refractivity contribution in [2.75, 3.05) is 33.8 Å². The molecule has 2 heterocycles. The molecule has 0 unspecified atom stereocenters. The van der Waals surface area contributed by atoms with Gasteiger partial charge in [-0.05, 0) is 55.7 Å². The highest BCUT2D eigenvalue weighted by molar-refractivity contribution is 5.79. The summed E-state index contributed by atoms with van der Waals surface area (Å²) in [5.41, 5.74) is 3.31. The second-order valence-corrected chi connectivity index (χ2v) is 7.22. The maximum Gasteiger partial charge on any atom is 0.193 e. The summed E-state index contributed by atoms with van der Waals surface area (Å²) in [5.74, 6) is 2.76. The lowest BCUT2D eigenvalue weighted by molar-refractivity contribution is 0.281. The van der Waals surface area contributed by atoms with Crippen molar-refractivity contribution in [2.24, 2.45) is 4.99 Å². The smallest absolute Gasteiger partial charge is 0.193 e. The zero-order chi connectivity index (χ0) is 20.6. The van der Waals surface area contributed by atoms with E-state index < -0.39 is 0 Å². The summed E-state index contributed by atoms with van der Waals surface area (Å²) >= 11 is 0. The van der Waals surface area contributed by atoms with Crippen molar-refractivity contribution in [3.05, 3.63) is 59.5 Å². The zero-order valence-electron chi connectivity index (χ0n) is 17.7. The summed E-state index contributed by atoms with van der Waals surface area (Å²) in [5, 5.41) is 11.9. The number of hydrogen-bond donors (Lipinski definition) is 1. The molecule has 7 heteroatoms. The van der Waals surface area contributed by atoms with Crippen LogP contribution >= 0.6 is 0 Å². The van der Waals surface area contributed by atoms with E-state index >= 15 is 0 Å². The predicted octanol–water partition coefficient (Wildman–Crippen LogP) is 2.86. The van der Waals surface area contributed by atoms with Gasteiger partial charge in [0, 0.05) is 33.3 Å². The van der Waals surface area contributed by atoms with Crippen molar-refractivity contribution in [3.8, 4) is 5.75 Å². The highest BCUT2D eigenvalue weighted by atomic mass is 16.5. The summed E-state index contributed by atoms with van der Waals surface area (Å²) < 4.78 is 7.94. The maximum atomic E-state index is 5.91. The number of ether oxygens (including phenoxy) is 1. The normalized spacial score (nSPS) is 11.7. The van der Waals surface area contributed by atoms with Crippen LogP contribution in [0.3, 0.4) is 0 Å². The van der Waals surface area contributed by atoms with Crippen molar-refractivity contribution in [1.29, 1.82) is 0 Å². The Hall–Kier alpha value is -3.09. The molecule has 1 N–H and O–H groups in total. The number of aromatic nitrogens is 3. The van der Waals surface area contributed by atoms with Crippen LogP contribution in [0.4, 0.5) is 0 Å². The number of hydrogen-bond acceptors (Lipinski definition) is 4. The number of pyridine rings is 1. The molecule has 7 nitrogen and oxygen atoms in total. The monoisotopic (exact) mass is 394 g/mol. The van der Waals surface area contributed by atoms with E-state index in [2.05, 4.69) is 57.5 Å². The molecule has 1 aromatic carbocycles. The van der Waals surface area contributed by atoms with Crippen LogP contribution in [0.25, 0.3) is 5.65 Å². The largest absolute Gasteiger partial charge is 0.492 e. The van der Waals surface area contributed by atoms with Gasteiger partial charge in [-0.15, -0.1) is 10.2 Å². The van der Waals surface area contributed by atoms with Crippen LogP contribution in [0.5, 0.6) is 5.75 Å². The molecule has 0 atom stereocenters. The average molecular weight is 395 g/mol. The van der Waals surface area contributed by atoms with Gasteiger partial charge < -0.3 is 15.0 Å². The Morgan fingerprint density at radius 2 is 1.97 bits per heavy atom. The Kier molecular flexibility index (Phi) is 7.05. The third-order valence-electron chi connectivity index (χ3n) is 4.71. The highest BCUT2D eigenvalue weighted by Crippen LogP contribution is 2.16. The number of benzene rings is 1. The molecule has 0 saturated carbocycles. The van der Waals surface area contributed by atoms with Crippen LogP contribution in [0.15, 0.2) is 47.6 Å². The summed E-state index contributed by atoms with van der Waals surface area (Å²) in [6, 6.07) is 12.2. The van der Waals surface area contributed by atoms with Gasteiger partial charge in [0.15, 0.2) is 11.6 Å². The van der Waals surface area contributed by atoms with E-state index in [1.54, 1.807) is 7.05 Å². The molecule has 29 heavy (non-hydrogen) atoms. The Morgan fingerprint density at radius 1 is 1.17 bits per heavy atom. The fourth-order valence-electron chi connectivity index (χ4n) is 3.32. The SMILES string of the molecule is CN=C(NCCCc1nnc2ccccn12)N(C)CCOc1cc(C)cc(C)c1. The Bertz CT molecular complexity index is 945. The fraction of sp³-hybridized carbons (Fsp3) is 0.409. The van der Waals surface area contributed by atoms with E-state index in [1.807, 2.05) is 35.8 Å². The van der Waals surface area contributed by atoms with Gasteiger partial charge in [-0.2, -0.15) is 0 Å². The Morgan fingerprint density at radius 3 is 2.72 bits per heavy atom. The first-order valence-electron chi connectivity index (χ1n) is 9.98. The minimum Gasteiger partial charge on any atom is -0.492 e. The van der Waals surface area contributed by atoms with E-state index in [1.165, 1.54) is 11.1 Å². The van der Waals surface area contributed by atoms with Gasteiger partial charge in [0.1, 0.15) is 18.2 Å². The first kappa shape index (κ1) is 20.6. The lowest BCUT2D eigenvalue weighted by Crippen LogP contribution is -2.41. The number of aliphatic imine (C=N–C) groups is 1. The number of aryl methyl sites for hydroxylation is 3. The number of nitrogens with zero attached hydrogens (tertiary/aromatic N) is 5. The second-order valence-electron chi connectivity index (χ2n) is 7.22. The standard InChI is InChI=1S/C22H30N6O/c1-17-14-18(2)16-19(15-17)29-13-12-27(4)22(23-3)24-10-7-9-21-26-25-20-8-5-6-11-28(20)21/h5-6,8,11,14-16H,7,9-10,12-13H2,1-4H3,(H,23,24). The quantitative estimate of drug-likeness (QED) is 0.362. The van der Waals surface area contributed by atoms with Gasteiger partial charge in [-0.25, -0.2) is 0 Å². The molecule has 0 saturated heterocycles. The van der Waals surface area contributed by atoms with Gasteiger partial charge >= 0.3 is 0 Å². The number of rotatable bonds is 8. The molecule has 0 aliphatic heterocycles. The predicted molar refractivity (Wildman–Crippen MR) is 117 cm³/mol. The molecule has 0 aliphatic rings. The third-order valence-corrected chi connectivity index (χ3v) is 4.71. The van der Waals surface area contributed by atoms with E-state index in [9.17, 15) is 0 Å². The minimum atomic E-state index is 0.603. The molecule has 0 spiro atoms. The number of nitrogens with one attached hydrogen (secondary N) is 1. The Labute approximate surface area is 172 Å². The number of fused-ring (bicyclic) bond motifs is 1. The molecule has 0 fully saturated rings.